The summed E-state index contributed by atoms with van der Waals surface area (Å²) in [6.45, 7) is 1.86. The van der Waals surface area contributed by atoms with Crippen molar-refractivity contribution < 1.29 is 17.5 Å². The summed E-state index contributed by atoms with van der Waals surface area (Å²) in [5.41, 5.74) is 8.52. The Hall–Kier alpha value is -4.22. The molecule has 0 fully saturated rings. The van der Waals surface area contributed by atoms with Crippen molar-refractivity contribution >= 4 is 44.0 Å². The molecule has 5 aromatic rings. The molecule has 0 atom stereocenters. The number of anilines is 2. The summed E-state index contributed by atoms with van der Waals surface area (Å²) < 4.78 is 47.7. The average molecular weight is 525 g/mol. The molecule has 0 aliphatic carbocycles. The normalized spacial score (nSPS) is 11.5. The van der Waals surface area contributed by atoms with E-state index in [1.165, 1.54) is 12.3 Å². The van der Waals surface area contributed by atoms with Gasteiger partial charge in [0.05, 0.1) is 22.8 Å². The van der Waals surface area contributed by atoms with Gasteiger partial charge in [-0.05, 0) is 55.5 Å². The zero-order valence-corrected chi connectivity index (χ0v) is 20.2. The van der Waals surface area contributed by atoms with E-state index in [0.717, 1.165) is 17.8 Å². The van der Waals surface area contributed by atoms with Crippen LogP contribution >= 0.6 is 11.6 Å². The lowest BCUT2D eigenvalue weighted by Gasteiger charge is -2.11. The number of pyridine rings is 2. The van der Waals surface area contributed by atoms with E-state index >= 15 is 0 Å². The standard InChI is InChI=1S/C24H18ClFN6O3S/c1-13-23-20(31-30-13)11-19(29-24(23)35-17-7-9-22(27)28-12-17)14-2-5-16(6-3-14)32-36(33,34)21-10-15(25)4-8-18(21)26/h2-12,32H,1H3,(H2,27,28)(H,30,31). The highest BCUT2D eigenvalue weighted by Gasteiger charge is 2.20. The topological polar surface area (TPSA) is 136 Å². The Morgan fingerprint density at radius 3 is 2.58 bits per heavy atom. The van der Waals surface area contributed by atoms with Crippen LogP contribution in [-0.4, -0.2) is 28.6 Å². The summed E-state index contributed by atoms with van der Waals surface area (Å²) in [7, 11) is -4.19. The summed E-state index contributed by atoms with van der Waals surface area (Å²) >= 11 is 5.84. The lowest BCUT2D eigenvalue weighted by atomic mass is 10.1. The zero-order chi connectivity index (χ0) is 25.4. The molecule has 9 nitrogen and oxygen atoms in total. The predicted molar refractivity (Wildman–Crippen MR) is 135 cm³/mol. The Bertz CT molecular complexity index is 1690. The van der Waals surface area contributed by atoms with Gasteiger partial charge >= 0.3 is 0 Å². The van der Waals surface area contributed by atoms with Crippen LogP contribution in [0.25, 0.3) is 22.2 Å². The summed E-state index contributed by atoms with van der Waals surface area (Å²) in [4.78, 5) is 8.14. The highest BCUT2D eigenvalue weighted by molar-refractivity contribution is 7.92. The molecule has 0 saturated carbocycles. The summed E-state index contributed by atoms with van der Waals surface area (Å²) in [6.07, 6.45) is 1.49. The van der Waals surface area contributed by atoms with Crippen molar-refractivity contribution in [2.45, 2.75) is 11.8 Å². The van der Waals surface area contributed by atoms with Gasteiger partial charge in [-0.1, -0.05) is 23.7 Å². The molecule has 0 unspecified atom stereocenters. The highest BCUT2D eigenvalue weighted by atomic mass is 35.5. The number of aryl methyl sites for hydroxylation is 1. The number of aromatic nitrogens is 4. The maximum Gasteiger partial charge on any atom is 0.264 e. The Morgan fingerprint density at radius 1 is 1.08 bits per heavy atom. The second-order valence-corrected chi connectivity index (χ2v) is 9.92. The van der Waals surface area contributed by atoms with Crippen LogP contribution in [0.5, 0.6) is 11.6 Å². The van der Waals surface area contributed by atoms with E-state index < -0.39 is 20.7 Å². The number of benzene rings is 2. The fraction of sp³-hybridized carbons (Fsp3) is 0.0417. The molecular weight excluding hydrogens is 507 g/mol. The maximum atomic E-state index is 14.1. The third-order valence-corrected chi connectivity index (χ3v) is 6.91. The number of halogens is 2. The van der Waals surface area contributed by atoms with E-state index in [9.17, 15) is 12.8 Å². The lowest BCUT2D eigenvalue weighted by molar-refractivity contribution is 0.467. The minimum atomic E-state index is -4.19. The van der Waals surface area contributed by atoms with Gasteiger partial charge in [0.15, 0.2) is 0 Å². The SMILES string of the molecule is Cc1[nH]nc2cc(-c3ccc(NS(=O)(=O)c4cc(Cl)ccc4F)cc3)nc(Oc3ccc(N)nc3)c12. The number of hydrogen-bond donors (Lipinski definition) is 3. The number of ether oxygens (including phenoxy) is 1. The van der Waals surface area contributed by atoms with Crippen molar-refractivity contribution in [3.63, 3.8) is 0 Å². The van der Waals surface area contributed by atoms with Gasteiger partial charge in [-0.25, -0.2) is 22.8 Å². The maximum absolute atomic E-state index is 14.1. The van der Waals surface area contributed by atoms with Crippen molar-refractivity contribution in [1.82, 2.24) is 20.2 Å². The third-order valence-electron chi connectivity index (χ3n) is 5.27. The van der Waals surface area contributed by atoms with Crippen LogP contribution in [0.15, 0.2) is 71.8 Å². The van der Waals surface area contributed by atoms with Crippen LogP contribution in [0.2, 0.25) is 5.02 Å². The van der Waals surface area contributed by atoms with Gasteiger partial charge in [-0.15, -0.1) is 0 Å². The molecule has 12 heteroatoms. The Kier molecular flexibility index (Phi) is 5.94. The van der Waals surface area contributed by atoms with Crippen LogP contribution in [0.3, 0.4) is 0 Å². The van der Waals surface area contributed by atoms with E-state index in [1.54, 1.807) is 42.5 Å². The van der Waals surface area contributed by atoms with Crippen LogP contribution in [0.1, 0.15) is 5.69 Å². The van der Waals surface area contributed by atoms with E-state index in [0.29, 0.717) is 39.6 Å². The molecule has 0 saturated heterocycles. The number of aromatic amines is 1. The fourth-order valence-electron chi connectivity index (χ4n) is 3.54. The van der Waals surface area contributed by atoms with Gasteiger partial charge < -0.3 is 10.5 Å². The molecule has 0 amide bonds. The second-order valence-electron chi connectivity index (χ2n) is 7.83. The molecule has 5 rings (SSSR count). The first kappa shape index (κ1) is 23.5. The number of rotatable bonds is 6. The first-order valence-electron chi connectivity index (χ1n) is 10.5. The van der Waals surface area contributed by atoms with Gasteiger partial charge in [0.25, 0.3) is 10.0 Å². The van der Waals surface area contributed by atoms with Crippen LogP contribution in [-0.2, 0) is 10.0 Å². The first-order chi connectivity index (χ1) is 17.2. The molecule has 3 aromatic heterocycles. The van der Waals surface area contributed by atoms with Gasteiger partial charge in [0, 0.05) is 22.0 Å². The summed E-state index contributed by atoms with van der Waals surface area (Å²) in [5.74, 6) is 0.233. The monoisotopic (exact) mass is 524 g/mol. The number of H-pyrrole nitrogens is 1. The quantitative estimate of drug-likeness (QED) is 0.274. The van der Waals surface area contributed by atoms with Crippen molar-refractivity contribution in [3.8, 4) is 22.9 Å². The Balaban J connectivity index is 1.46. The van der Waals surface area contributed by atoms with Crippen LogP contribution in [0, 0.1) is 12.7 Å². The van der Waals surface area contributed by atoms with E-state index in [1.807, 2.05) is 6.92 Å². The molecule has 0 radical (unpaired) electrons. The Labute approximate surface area is 210 Å². The minimum Gasteiger partial charge on any atom is -0.437 e. The summed E-state index contributed by atoms with van der Waals surface area (Å²) in [6, 6.07) is 14.8. The molecule has 4 N–H and O–H groups in total. The molecule has 2 aromatic carbocycles. The number of nitrogens with zero attached hydrogens (tertiary/aromatic N) is 3. The third kappa shape index (κ3) is 4.66. The van der Waals surface area contributed by atoms with Crippen molar-refractivity contribution in [3.05, 3.63) is 83.4 Å². The molecule has 0 aliphatic heterocycles. The molecular formula is C24H18ClFN6O3S. The van der Waals surface area contributed by atoms with Crippen LogP contribution < -0.4 is 15.2 Å². The van der Waals surface area contributed by atoms with E-state index in [2.05, 4.69) is 24.9 Å². The van der Waals surface area contributed by atoms with E-state index in [4.69, 9.17) is 22.1 Å². The number of sulfonamides is 1. The number of nitrogens with one attached hydrogen (secondary N) is 2. The number of nitrogens with two attached hydrogens (primary N) is 1. The van der Waals surface area contributed by atoms with Gasteiger partial charge in [0.2, 0.25) is 5.88 Å². The number of fused-ring (bicyclic) bond motifs is 1. The molecule has 36 heavy (non-hydrogen) atoms. The van der Waals surface area contributed by atoms with Crippen LogP contribution in [0.4, 0.5) is 15.9 Å². The van der Waals surface area contributed by atoms with Gasteiger partial charge in [-0.3, -0.25) is 9.82 Å². The van der Waals surface area contributed by atoms with Gasteiger partial charge in [0.1, 0.15) is 22.3 Å². The smallest absolute Gasteiger partial charge is 0.264 e. The van der Waals surface area contributed by atoms with Gasteiger partial charge in [-0.2, -0.15) is 5.10 Å². The van der Waals surface area contributed by atoms with E-state index in [-0.39, 0.29) is 10.7 Å². The number of nitrogen functional groups attached to an aromatic ring is 1. The van der Waals surface area contributed by atoms with Crippen molar-refractivity contribution in [2.24, 2.45) is 0 Å². The Morgan fingerprint density at radius 2 is 1.86 bits per heavy atom. The zero-order valence-electron chi connectivity index (χ0n) is 18.7. The largest absolute Gasteiger partial charge is 0.437 e. The number of hydrogen-bond acceptors (Lipinski definition) is 7. The minimum absolute atomic E-state index is 0.106. The van der Waals surface area contributed by atoms with Crippen molar-refractivity contribution in [1.29, 1.82) is 0 Å². The molecule has 0 bridgehead atoms. The molecule has 3 heterocycles. The first-order valence-corrected chi connectivity index (χ1v) is 12.4. The second kappa shape index (κ2) is 9.10. The predicted octanol–water partition coefficient (Wildman–Crippen LogP) is 5.30. The molecule has 182 valence electrons. The average Bonchev–Trinajstić information content (AvgIpc) is 3.23. The highest BCUT2D eigenvalue weighted by Crippen LogP contribution is 2.33. The fourth-order valence-corrected chi connectivity index (χ4v) is 4.94. The lowest BCUT2D eigenvalue weighted by Crippen LogP contribution is -2.14. The molecule has 0 aliphatic rings. The summed E-state index contributed by atoms with van der Waals surface area (Å²) in [5, 5.41) is 8.06. The molecule has 0 spiro atoms. The van der Waals surface area contributed by atoms with Crippen molar-refractivity contribution in [2.75, 3.05) is 10.5 Å².